The van der Waals surface area contributed by atoms with Crippen molar-refractivity contribution < 1.29 is 18.7 Å². The Morgan fingerprint density at radius 3 is 2.43 bits per heavy atom. The van der Waals surface area contributed by atoms with Crippen LogP contribution >= 0.6 is 0 Å². The number of aliphatic hydroxyl groups excluding tert-OH is 1. The molecule has 1 fully saturated rings. The molecule has 0 unspecified atom stereocenters. The van der Waals surface area contributed by atoms with E-state index in [0.29, 0.717) is 57.7 Å². The minimum Gasteiger partial charge on any atom is -0.393 e. The van der Waals surface area contributed by atoms with Gasteiger partial charge in [-0.25, -0.2) is 8.78 Å². The number of aryl methyl sites for hydroxylation is 2. The van der Waals surface area contributed by atoms with Crippen molar-refractivity contribution in [2.75, 3.05) is 19.6 Å². The first kappa shape index (κ1) is 23.6. The highest BCUT2D eigenvalue weighted by Crippen LogP contribution is 2.27. The van der Waals surface area contributed by atoms with Gasteiger partial charge in [0.05, 0.1) is 6.10 Å². The summed E-state index contributed by atoms with van der Waals surface area (Å²) in [4.78, 5) is 17.2. The van der Waals surface area contributed by atoms with Gasteiger partial charge in [-0.05, 0) is 37.0 Å². The Labute approximate surface area is 203 Å². The fourth-order valence-corrected chi connectivity index (χ4v) is 5.04. The quantitative estimate of drug-likeness (QED) is 0.586. The number of carbonyl (C=O) groups excluding carboxylic acids is 1. The molecule has 5 rings (SSSR count). The normalized spacial score (nSPS) is 16.9. The summed E-state index contributed by atoms with van der Waals surface area (Å²) in [5.41, 5.74) is 3.53. The third kappa shape index (κ3) is 5.13. The average molecular weight is 481 g/mol. The number of halogens is 2. The number of piperidine rings is 1. The number of fused-ring (bicyclic) bond motifs is 1. The Bertz CT molecular complexity index is 1170. The molecule has 1 saturated heterocycles. The Morgan fingerprint density at radius 2 is 1.71 bits per heavy atom. The molecule has 0 radical (unpaired) electrons. The van der Waals surface area contributed by atoms with Crippen LogP contribution in [0.2, 0.25) is 0 Å². The smallest absolute Gasteiger partial charge is 0.274 e. The number of hydrogen-bond acceptors (Lipinski definition) is 4. The number of carbonyl (C=O) groups is 1. The van der Waals surface area contributed by atoms with Gasteiger partial charge in [0, 0.05) is 62.5 Å². The number of nitrogens with zero attached hydrogens (tertiary/aromatic N) is 4. The maximum atomic E-state index is 14.3. The van der Waals surface area contributed by atoms with E-state index in [9.17, 15) is 18.7 Å². The predicted molar refractivity (Wildman–Crippen MR) is 128 cm³/mol. The van der Waals surface area contributed by atoms with Crippen molar-refractivity contribution in [2.24, 2.45) is 0 Å². The predicted octanol–water partition coefficient (Wildman–Crippen LogP) is 3.56. The Morgan fingerprint density at radius 1 is 1.00 bits per heavy atom. The molecule has 184 valence electrons. The van der Waals surface area contributed by atoms with Gasteiger partial charge in [-0.2, -0.15) is 5.10 Å². The molecule has 0 aliphatic carbocycles. The number of aromatic nitrogens is 2. The van der Waals surface area contributed by atoms with Crippen LogP contribution in [0.3, 0.4) is 0 Å². The van der Waals surface area contributed by atoms with Gasteiger partial charge in [-0.3, -0.25) is 14.4 Å². The molecule has 3 heterocycles. The summed E-state index contributed by atoms with van der Waals surface area (Å²) >= 11 is 0. The largest absolute Gasteiger partial charge is 0.393 e. The van der Waals surface area contributed by atoms with E-state index >= 15 is 0 Å². The van der Waals surface area contributed by atoms with Gasteiger partial charge in [0.25, 0.3) is 5.91 Å². The topological polar surface area (TPSA) is 61.6 Å². The molecule has 8 heteroatoms. The summed E-state index contributed by atoms with van der Waals surface area (Å²) < 4.78 is 30.5. The van der Waals surface area contributed by atoms with Crippen LogP contribution in [0.25, 0.3) is 0 Å². The van der Waals surface area contributed by atoms with Crippen LogP contribution < -0.4 is 0 Å². The van der Waals surface area contributed by atoms with E-state index in [1.165, 1.54) is 23.8 Å². The van der Waals surface area contributed by atoms with Crippen molar-refractivity contribution in [1.29, 1.82) is 0 Å². The van der Waals surface area contributed by atoms with Gasteiger partial charge < -0.3 is 10.0 Å². The minimum atomic E-state index is -0.558. The van der Waals surface area contributed by atoms with Gasteiger partial charge >= 0.3 is 0 Å². The second kappa shape index (κ2) is 10.3. The standard InChI is InChI=1S/C27H30F2N4O2/c28-23-7-4-8-24(29)21(23)17-31-13-12-25-22(18-31)26(27(35)32-14-10-20(34)11-15-32)30-33(25)16-9-19-5-2-1-3-6-19/h1-8,20,34H,9-18H2. The molecule has 0 atom stereocenters. The molecule has 1 N–H and O–H groups in total. The molecule has 0 bridgehead atoms. The fourth-order valence-electron chi connectivity index (χ4n) is 5.04. The third-order valence-electron chi connectivity index (χ3n) is 7.07. The number of aliphatic hydroxyl groups is 1. The molecule has 0 spiro atoms. The van der Waals surface area contributed by atoms with Crippen molar-refractivity contribution in [3.63, 3.8) is 0 Å². The van der Waals surface area contributed by atoms with Gasteiger partial charge in [0.1, 0.15) is 11.6 Å². The second-order valence-corrected chi connectivity index (χ2v) is 9.42. The first-order valence-electron chi connectivity index (χ1n) is 12.2. The number of likely N-dealkylation sites (tertiary alicyclic amines) is 1. The summed E-state index contributed by atoms with van der Waals surface area (Å²) in [5, 5.41) is 14.6. The van der Waals surface area contributed by atoms with E-state index in [4.69, 9.17) is 5.10 Å². The monoisotopic (exact) mass is 480 g/mol. The van der Waals surface area contributed by atoms with Crippen molar-refractivity contribution in [3.8, 4) is 0 Å². The van der Waals surface area contributed by atoms with Crippen LogP contribution in [0.15, 0.2) is 48.5 Å². The third-order valence-corrected chi connectivity index (χ3v) is 7.07. The summed E-state index contributed by atoms with van der Waals surface area (Å²) in [6.45, 7) is 2.82. The van der Waals surface area contributed by atoms with E-state index in [0.717, 1.165) is 17.7 Å². The van der Waals surface area contributed by atoms with Crippen LogP contribution in [0.5, 0.6) is 0 Å². The molecule has 0 saturated carbocycles. The lowest BCUT2D eigenvalue weighted by molar-refractivity contribution is 0.0538. The van der Waals surface area contributed by atoms with Crippen LogP contribution in [-0.4, -0.2) is 56.3 Å². The molecular formula is C27H30F2N4O2. The number of rotatable bonds is 6. The van der Waals surface area contributed by atoms with Crippen LogP contribution in [0, 0.1) is 11.6 Å². The zero-order valence-corrected chi connectivity index (χ0v) is 19.7. The molecule has 6 nitrogen and oxygen atoms in total. The lowest BCUT2D eigenvalue weighted by atomic mass is 10.0. The van der Waals surface area contributed by atoms with Gasteiger partial charge in [0.2, 0.25) is 0 Å². The van der Waals surface area contributed by atoms with Gasteiger partial charge in [-0.15, -0.1) is 0 Å². The van der Waals surface area contributed by atoms with E-state index in [2.05, 4.69) is 12.1 Å². The molecule has 2 aromatic carbocycles. The van der Waals surface area contributed by atoms with E-state index in [-0.39, 0.29) is 24.1 Å². The van der Waals surface area contributed by atoms with Crippen LogP contribution in [0.4, 0.5) is 8.78 Å². The molecular weight excluding hydrogens is 450 g/mol. The molecule has 35 heavy (non-hydrogen) atoms. The van der Waals surface area contributed by atoms with Gasteiger partial charge in [0.15, 0.2) is 5.69 Å². The molecule has 2 aliphatic rings. The van der Waals surface area contributed by atoms with Crippen molar-refractivity contribution in [1.82, 2.24) is 19.6 Å². The van der Waals surface area contributed by atoms with Crippen molar-refractivity contribution in [2.45, 2.75) is 51.4 Å². The molecule has 2 aliphatic heterocycles. The lowest BCUT2D eigenvalue weighted by Crippen LogP contribution is -2.41. The lowest BCUT2D eigenvalue weighted by Gasteiger charge is -2.30. The maximum Gasteiger partial charge on any atom is 0.274 e. The number of amides is 1. The molecule has 3 aromatic rings. The van der Waals surface area contributed by atoms with E-state index in [1.54, 1.807) is 4.90 Å². The van der Waals surface area contributed by atoms with Crippen LogP contribution in [-0.2, 0) is 32.5 Å². The number of hydrogen-bond donors (Lipinski definition) is 1. The minimum absolute atomic E-state index is 0.0466. The summed E-state index contributed by atoms with van der Waals surface area (Å²) in [6, 6.07) is 14.1. The van der Waals surface area contributed by atoms with Crippen molar-refractivity contribution >= 4 is 5.91 Å². The Balaban J connectivity index is 1.41. The first-order valence-corrected chi connectivity index (χ1v) is 12.2. The highest BCUT2D eigenvalue weighted by Gasteiger charge is 2.32. The fraction of sp³-hybridized carbons (Fsp3) is 0.407. The first-order chi connectivity index (χ1) is 17.0. The van der Waals surface area contributed by atoms with Crippen LogP contribution in [0.1, 0.15) is 45.7 Å². The Hall–Kier alpha value is -3.10. The average Bonchev–Trinajstić information content (AvgIpc) is 3.23. The SMILES string of the molecule is O=C(c1nn(CCc2ccccc2)c2c1CN(Cc1c(F)cccc1F)CC2)N1CCC(O)CC1. The highest BCUT2D eigenvalue weighted by atomic mass is 19.1. The van der Waals surface area contributed by atoms with Gasteiger partial charge in [-0.1, -0.05) is 36.4 Å². The Kier molecular flexibility index (Phi) is 6.92. The van der Waals surface area contributed by atoms with E-state index < -0.39 is 11.6 Å². The zero-order valence-electron chi connectivity index (χ0n) is 19.7. The zero-order chi connectivity index (χ0) is 24.4. The highest BCUT2D eigenvalue weighted by molar-refractivity contribution is 5.94. The van der Waals surface area contributed by atoms with Crippen molar-refractivity contribution in [3.05, 3.63) is 88.2 Å². The summed E-state index contributed by atoms with van der Waals surface area (Å²) in [6.07, 6.45) is 2.19. The molecule has 1 aromatic heterocycles. The number of benzene rings is 2. The van der Waals surface area contributed by atoms with E-state index in [1.807, 2.05) is 27.8 Å². The molecule has 1 amide bonds. The summed E-state index contributed by atoms with van der Waals surface area (Å²) in [7, 11) is 0. The summed E-state index contributed by atoms with van der Waals surface area (Å²) in [5.74, 6) is -1.25. The maximum absolute atomic E-state index is 14.3. The second-order valence-electron chi connectivity index (χ2n) is 9.42.